The van der Waals surface area contributed by atoms with Crippen LogP contribution in [0.3, 0.4) is 0 Å². The largest absolute Gasteiger partial charge is 0.466 e. The number of methoxy groups -OCH3 is 3. The zero-order valence-electron chi connectivity index (χ0n) is 21.3. The molecule has 3 heterocycles. The van der Waals surface area contributed by atoms with E-state index in [9.17, 15) is 4.79 Å². The van der Waals surface area contributed by atoms with Gasteiger partial charge < -0.3 is 24.3 Å². The quantitative estimate of drug-likeness (QED) is 0.444. The molecule has 0 amide bonds. The molecule has 5 atom stereocenters. The van der Waals surface area contributed by atoms with E-state index in [4.69, 9.17) is 18.9 Å². The monoisotopic (exact) mass is 524 g/mol. The van der Waals surface area contributed by atoms with Crippen LogP contribution in [0.5, 0.6) is 0 Å². The second-order valence-electron chi connectivity index (χ2n) is 9.91. The molecule has 1 N–H and O–H groups in total. The Morgan fingerprint density at radius 2 is 1.84 bits per heavy atom. The molecule has 0 bridgehead atoms. The number of ether oxygens (including phenoxy) is 4. The van der Waals surface area contributed by atoms with Gasteiger partial charge in [0.15, 0.2) is 12.6 Å². The Morgan fingerprint density at radius 3 is 2.57 bits per heavy atom. The van der Waals surface area contributed by atoms with Crippen LogP contribution in [0, 0.1) is 5.92 Å². The molecule has 2 aromatic rings. The normalized spacial score (nSPS) is 30.1. The minimum absolute atomic E-state index is 0. The lowest BCUT2D eigenvalue weighted by molar-refractivity contribution is -0.178. The number of rotatable bonds is 6. The van der Waals surface area contributed by atoms with Crippen molar-refractivity contribution in [3.63, 3.8) is 0 Å². The molecule has 4 aliphatic rings. The average Bonchev–Trinajstić information content (AvgIpc) is 3.60. The van der Waals surface area contributed by atoms with Crippen molar-refractivity contribution >= 4 is 24.1 Å². The van der Waals surface area contributed by atoms with Gasteiger partial charge in [0.05, 0.1) is 18.1 Å². The smallest absolute Gasteiger partial charge is 0.336 e. The maximum absolute atomic E-state index is 13.5. The number of hydrogen-bond donors (Lipinski definition) is 1. The highest BCUT2D eigenvalue weighted by atomic mass is 35.5. The van der Waals surface area contributed by atoms with Crippen molar-refractivity contribution in [1.82, 2.24) is 4.90 Å². The zero-order valence-corrected chi connectivity index (χ0v) is 22.1. The van der Waals surface area contributed by atoms with E-state index < -0.39 is 12.6 Å². The van der Waals surface area contributed by atoms with Crippen molar-refractivity contribution in [2.45, 2.75) is 43.4 Å². The lowest BCUT2D eigenvalue weighted by Gasteiger charge is -2.44. The first-order valence-corrected chi connectivity index (χ1v) is 12.5. The van der Waals surface area contributed by atoms with Crippen LogP contribution < -0.4 is 5.32 Å². The van der Waals surface area contributed by atoms with Crippen LogP contribution in [-0.4, -0.2) is 57.4 Å². The molecule has 0 radical (unpaired) electrons. The third-order valence-electron chi connectivity index (χ3n) is 8.33. The van der Waals surface area contributed by atoms with Gasteiger partial charge in [0, 0.05) is 50.7 Å². The number of hydrogen-bond acceptors (Lipinski definition) is 7. The maximum atomic E-state index is 13.5. The summed E-state index contributed by atoms with van der Waals surface area (Å²) in [5.41, 5.74) is 5.85. The number of esters is 1. The van der Waals surface area contributed by atoms with Crippen molar-refractivity contribution in [2.75, 3.05) is 33.2 Å². The number of carbonyl (C=O) groups is 1. The molecular formula is C29H33ClN2O5. The predicted octanol–water partition coefficient (Wildman–Crippen LogP) is 4.39. The number of likely N-dealkylation sites (tertiary alicyclic amines) is 1. The number of benzene rings is 2. The van der Waals surface area contributed by atoms with Crippen LogP contribution in [0.15, 0.2) is 77.5 Å². The van der Waals surface area contributed by atoms with E-state index in [2.05, 4.69) is 58.7 Å². The minimum atomic E-state index is -0.583. The Bertz CT molecular complexity index is 1230. The van der Waals surface area contributed by atoms with Crippen molar-refractivity contribution in [1.29, 1.82) is 0 Å². The van der Waals surface area contributed by atoms with E-state index in [1.54, 1.807) is 14.2 Å². The van der Waals surface area contributed by atoms with Gasteiger partial charge in [-0.3, -0.25) is 4.90 Å². The van der Waals surface area contributed by atoms with Crippen molar-refractivity contribution < 1.29 is 23.7 Å². The highest BCUT2D eigenvalue weighted by molar-refractivity contribution is 5.94. The van der Waals surface area contributed by atoms with Crippen LogP contribution in [0.2, 0.25) is 0 Å². The molecule has 196 valence electrons. The molecule has 1 fully saturated rings. The number of carbonyl (C=O) groups excluding carboxylic acids is 1. The van der Waals surface area contributed by atoms with Crippen molar-refractivity contribution in [3.05, 3.63) is 88.6 Å². The van der Waals surface area contributed by atoms with E-state index in [0.29, 0.717) is 5.57 Å². The summed E-state index contributed by atoms with van der Waals surface area (Å²) in [6, 6.07) is 19.2. The lowest BCUT2D eigenvalue weighted by atomic mass is 9.63. The first-order chi connectivity index (χ1) is 17.6. The third kappa shape index (κ3) is 4.01. The zero-order chi connectivity index (χ0) is 24.9. The number of fused-ring (bicyclic) bond motifs is 1. The van der Waals surface area contributed by atoms with Crippen LogP contribution in [-0.2, 0) is 35.7 Å². The van der Waals surface area contributed by atoms with E-state index in [-0.39, 0.29) is 35.8 Å². The summed E-state index contributed by atoms with van der Waals surface area (Å²) in [6.45, 7) is 1.79. The number of halogens is 1. The molecule has 3 aliphatic heterocycles. The third-order valence-corrected chi connectivity index (χ3v) is 8.33. The number of nitrogens with zero attached hydrogens (tertiary/aromatic N) is 1. The predicted molar refractivity (Wildman–Crippen MR) is 142 cm³/mol. The van der Waals surface area contributed by atoms with E-state index in [1.807, 2.05) is 12.1 Å². The molecule has 37 heavy (non-hydrogen) atoms. The number of para-hydroxylation sites is 1. The molecule has 7 nitrogen and oxygen atoms in total. The molecule has 1 saturated heterocycles. The molecule has 5 unspecified atom stereocenters. The second kappa shape index (κ2) is 10.2. The molecule has 0 aromatic heterocycles. The van der Waals surface area contributed by atoms with Gasteiger partial charge in [0.25, 0.3) is 0 Å². The van der Waals surface area contributed by atoms with Crippen LogP contribution >= 0.6 is 12.4 Å². The molecule has 0 saturated carbocycles. The Morgan fingerprint density at radius 1 is 1.08 bits per heavy atom. The summed E-state index contributed by atoms with van der Waals surface area (Å²) in [7, 11) is 4.68. The summed E-state index contributed by atoms with van der Waals surface area (Å²) < 4.78 is 22.5. The Balaban J connectivity index is 0.00000280. The van der Waals surface area contributed by atoms with Crippen molar-refractivity contribution in [2.24, 2.45) is 5.92 Å². The van der Waals surface area contributed by atoms with E-state index >= 15 is 0 Å². The summed E-state index contributed by atoms with van der Waals surface area (Å²) >= 11 is 0. The Hall–Kier alpha value is -2.68. The van der Waals surface area contributed by atoms with Gasteiger partial charge in [-0.25, -0.2) is 4.79 Å². The van der Waals surface area contributed by atoms with Gasteiger partial charge in [-0.2, -0.15) is 0 Å². The van der Waals surface area contributed by atoms with Gasteiger partial charge in [-0.1, -0.05) is 48.5 Å². The van der Waals surface area contributed by atoms with Gasteiger partial charge >= 0.3 is 5.97 Å². The molecule has 8 heteroatoms. The molecule has 6 rings (SSSR count). The van der Waals surface area contributed by atoms with Crippen LogP contribution in [0.4, 0.5) is 5.69 Å². The summed E-state index contributed by atoms with van der Waals surface area (Å²) in [5.74, 6) is -0.542. The van der Waals surface area contributed by atoms with E-state index in [0.717, 1.165) is 42.9 Å². The fourth-order valence-electron chi connectivity index (χ4n) is 6.83. The van der Waals surface area contributed by atoms with Crippen molar-refractivity contribution in [3.8, 4) is 0 Å². The fraction of sp³-hybridized carbons (Fsp3) is 0.414. The first kappa shape index (κ1) is 25.9. The Kier molecular flexibility index (Phi) is 7.18. The topological polar surface area (TPSA) is 69.3 Å². The fourth-order valence-corrected chi connectivity index (χ4v) is 6.83. The first-order valence-electron chi connectivity index (χ1n) is 12.5. The van der Waals surface area contributed by atoms with Gasteiger partial charge in [0.2, 0.25) is 0 Å². The SMILES string of the molecule is COC(=O)C1=C2Nc3ccccc3C23CCN(Cc2ccccc2)C3CC1C1=CC(OC)OC1OC.Cl. The van der Waals surface area contributed by atoms with Gasteiger partial charge in [-0.05, 0) is 41.7 Å². The highest BCUT2D eigenvalue weighted by Gasteiger charge is 2.60. The lowest BCUT2D eigenvalue weighted by Crippen LogP contribution is -2.49. The maximum Gasteiger partial charge on any atom is 0.336 e. The highest BCUT2D eigenvalue weighted by Crippen LogP contribution is 2.60. The molecule has 1 spiro atoms. The summed E-state index contributed by atoms with van der Waals surface area (Å²) in [5, 5.41) is 3.67. The second-order valence-corrected chi connectivity index (χ2v) is 9.91. The Labute approximate surface area is 223 Å². The summed E-state index contributed by atoms with van der Waals surface area (Å²) in [6.07, 6.45) is 2.54. The molecular weight excluding hydrogens is 492 g/mol. The van der Waals surface area contributed by atoms with Crippen LogP contribution in [0.1, 0.15) is 24.0 Å². The molecule has 1 aliphatic carbocycles. The van der Waals surface area contributed by atoms with Gasteiger partial charge in [-0.15, -0.1) is 12.4 Å². The average molecular weight is 525 g/mol. The summed E-state index contributed by atoms with van der Waals surface area (Å²) in [4.78, 5) is 16.0. The van der Waals surface area contributed by atoms with E-state index in [1.165, 1.54) is 18.2 Å². The van der Waals surface area contributed by atoms with Crippen LogP contribution in [0.25, 0.3) is 0 Å². The van der Waals surface area contributed by atoms with Gasteiger partial charge in [0.1, 0.15) is 0 Å². The standard InChI is InChI=1S/C29H32N2O5.ClH/c1-33-24-16-20(28(35-3)36-24)19-15-23-29(13-14-31(23)17-18-9-5-4-6-10-18)21-11-7-8-12-22(21)30-26(29)25(19)27(32)34-2;/h4-12,16,19,23-24,28,30H,13-15,17H2,1-3H3;1H. The molecule has 2 aromatic carbocycles. The number of nitrogens with one attached hydrogen (secondary N) is 1. The minimum Gasteiger partial charge on any atom is -0.466 e. The number of anilines is 1.